The van der Waals surface area contributed by atoms with E-state index in [4.69, 9.17) is 29.9 Å². The number of benzene rings is 15. The first-order valence-electron chi connectivity index (χ1n) is 34.9. The lowest BCUT2D eigenvalue weighted by Crippen LogP contribution is -2.00. The van der Waals surface area contributed by atoms with Crippen LogP contribution < -0.4 is 0 Å². The minimum absolute atomic E-state index is 0.595. The van der Waals surface area contributed by atoms with Gasteiger partial charge in [-0.05, 0) is 114 Å². The summed E-state index contributed by atoms with van der Waals surface area (Å²) in [7, 11) is 0. The monoisotopic (exact) mass is 1360 g/mol. The largest absolute Gasteiger partial charge is 0.208 e. The third kappa shape index (κ3) is 11.8. The summed E-state index contributed by atoms with van der Waals surface area (Å²) in [5, 5.41) is 4.93. The molecule has 15 aromatic carbocycles. The minimum Gasteiger partial charge on any atom is -0.208 e. The zero-order chi connectivity index (χ0) is 68.9. The predicted octanol–water partition coefficient (Wildman–Crippen LogP) is 26.1. The Labute approximate surface area is 610 Å². The summed E-state index contributed by atoms with van der Waals surface area (Å²) < 4.78 is 4.97. The Bertz CT molecular complexity index is 6420. The lowest BCUT2D eigenvalue weighted by Gasteiger charge is -2.11. The molecule has 19 rings (SSSR count). The van der Waals surface area contributed by atoms with Crippen molar-refractivity contribution < 1.29 is 0 Å². The second kappa shape index (κ2) is 26.7. The van der Waals surface area contributed by atoms with Gasteiger partial charge in [0.15, 0.2) is 34.9 Å². The van der Waals surface area contributed by atoms with Gasteiger partial charge in [0.1, 0.15) is 0 Å². The molecule has 0 amide bonds. The van der Waals surface area contributed by atoms with Gasteiger partial charge in [-0.25, -0.2) is 29.9 Å². The molecule has 0 spiro atoms. The second-order valence-corrected chi connectivity index (χ2v) is 28.1. The molecule has 0 aliphatic rings. The number of hydrogen-bond acceptors (Lipinski definition) is 8. The Hall–Kier alpha value is -13.2. The van der Waals surface area contributed by atoms with Gasteiger partial charge in [-0.1, -0.05) is 334 Å². The first-order valence-corrected chi connectivity index (χ1v) is 36.5. The molecule has 4 aromatic heterocycles. The van der Waals surface area contributed by atoms with Gasteiger partial charge < -0.3 is 0 Å². The number of thiophene rings is 2. The fourth-order valence-electron chi connectivity index (χ4n) is 14.4. The van der Waals surface area contributed by atoms with E-state index >= 15 is 0 Å². The van der Waals surface area contributed by atoms with Crippen LogP contribution in [0.5, 0.6) is 0 Å². The molecule has 0 aliphatic carbocycles. The average molecular weight is 1360 g/mol. The molecule has 0 fully saturated rings. The van der Waals surface area contributed by atoms with E-state index in [1.54, 1.807) is 0 Å². The van der Waals surface area contributed by atoms with Gasteiger partial charge in [0.05, 0.1) is 0 Å². The smallest absolute Gasteiger partial charge is 0.164 e. The lowest BCUT2D eigenvalue weighted by atomic mass is 9.95. The van der Waals surface area contributed by atoms with E-state index in [-0.39, 0.29) is 0 Å². The fourth-order valence-corrected chi connectivity index (χ4v) is 17.1. The molecule has 0 atom stereocenters. The number of rotatable bonds is 14. The van der Waals surface area contributed by atoms with Crippen molar-refractivity contribution >= 4 is 63.0 Å². The SMILES string of the molecule is c1ccc(-c2ccc(-c3nc(-c4ccccc4)nc(-c4cccc(-c5cccc6c5sc5c(-c7cccc(-c8ccc(-c9nc(-c%10ccc(-c%11ccccc%11)cc%10)nc(-c%10cccc(-c%11cccc%12c%11sc%11c(-c%13ccccc%13)cc(-c%13ccccc%13)cc%11%12)c%10)n9)cc8)c7)cccc56)c4)n3)cc2)cc1. The fraction of sp³-hybridized carbons (Fsp3) is 0. The summed E-state index contributed by atoms with van der Waals surface area (Å²) in [6.45, 7) is 0. The van der Waals surface area contributed by atoms with Crippen LogP contribution in [-0.2, 0) is 0 Å². The Balaban J connectivity index is 0.651. The van der Waals surface area contributed by atoms with Crippen LogP contribution in [-0.4, -0.2) is 29.9 Å². The molecule has 104 heavy (non-hydrogen) atoms. The Morgan fingerprint density at radius 1 is 0.135 bits per heavy atom. The Morgan fingerprint density at radius 3 is 0.760 bits per heavy atom. The quantitative estimate of drug-likeness (QED) is 0.108. The van der Waals surface area contributed by atoms with Crippen LogP contribution in [0, 0.1) is 0 Å². The molecule has 4 heterocycles. The molecule has 0 saturated carbocycles. The zero-order valence-electron chi connectivity index (χ0n) is 56.1. The van der Waals surface area contributed by atoms with Crippen LogP contribution in [0.2, 0.25) is 0 Å². The Morgan fingerprint density at radius 2 is 0.375 bits per heavy atom. The third-order valence-electron chi connectivity index (χ3n) is 19.6. The Kier molecular flexibility index (Phi) is 15.9. The molecule has 0 N–H and O–H groups in total. The highest BCUT2D eigenvalue weighted by molar-refractivity contribution is 7.27. The first kappa shape index (κ1) is 61.8. The van der Waals surface area contributed by atoms with Crippen molar-refractivity contribution in [3.05, 3.63) is 364 Å². The van der Waals surface area contributed by atoms with Crippen LogP contribution in [0.4, 0.5) is 0 Å². The number of fused-ring (bicyclic) bond motifs is 6. The number of aromatic nitrogens is 6. The minimum atomic E-state index is 0.595. The molecule has 0 bridgehead atoms. The van der Waals surface area contributed by atoms with Crippen molar-refractivity contribution in [1.29, 1.82) is 0 Å². The van der Waals surface area contributed by atoms with Gasteiger partial charge in [-0.3, -0.25) is 0 Å². The molecule has 486 valence electrons. The van der Waals surface area contributed by atoms with E-state index in [1.165, 1.54) is 68.2 Å². The topological polar surface area (TPSA) is 77.3 Å². The van der Waals surface area contributed by atoms with Crippen molar-refractivity contribution in [2.75, 3.05) is 0 Å². The highest BCUT2D eigenvalue weighted by Gasteiger charge is 2.22. The van der Waals surface area contributed by atoms with Crippen molar-refractivity contribution in [3.8, 4) is 157 Å². The molecule has 6 nitrogen and oxygen atoms in total. The highest BCUT2D eigenvalue weighted by Crippen LogP contribution is 2.48. The normalized spacial score (nSPS) is 11.5. The molecule has 0 radical (unpaired) electrons. The van der Waals surface area contributed by atoms with E-state index in [1.807, 2.05) is 53.0 Å². The van der Waals surface area contributed by atoms with Crippen LogP contribution in [0.3, 0.4) is 0 Å². The van der Waals surface area contributed by atoms with Crippen molar-refractivity contribution in [2.24, 2.45) is 0 Å². The average Bonchev–Trinajstić information content (AvgIpc) is 1.58. The lowest BCUT2D eigenvalue weighted by molar-refractivity contribution is 1.07. The molecule has 0 saturated heterocycles. The van der Waals surface area contributed by atoms with E-state index in [2.05, 4.69) is 334 Å². The molecule has 0 aliphatic heterocycles. The van der Waals surface area contributed by atoms with Gasteiger partial charge in [0, 0.05) is 79.3 Å². The van der Waals surface area contributed by atoms with Gasteiger partial charge in [0.2, 0.25) is 0 Å². The maximum Gasteiger partial charge on any atom is 0.164 e. The number of hydrogen-bond donors (Lipinski definition) is 0. The van der Waals surface area contributed by atoms with Crippen LogP contribution in [0.25, 0.3) is 198 Å². The first-order chi connectivity index (χ1) is 51.5. The summed E-state index contributed by atoms with van der Waals surface area (Å²) in [5.74, 6) is 3.66. The molecule has 0 unspecified atom stereocenters. The summed E-state index contributed by atoms with van der Waals surface area (Å²) >= 11 is 3.71. The van der Waals surface area contributed by atoms with Crippen LogP contribution in [0.15, 0.2) is 364 Å². The maximum absolute atomic E-state index is 5.34. The standard InChI is InChI=1S/C96H60N6S2/c1-6-22-61(23-7-1)64-44-50-69(51-45-64)92-97-91(68-30-14-5-15-31-68)99-95(100-92)76-36-17-34-74(57-76)80-39-20-42-83-82-41-19-38-79(87(82)103-88(80)83)73-33-16-32-72(56-73)66-48-54-71(55-49-66)94-98-93(70-52-46-65(47-53-70)62-24-8-2-9-25-62)101-96(102-94)77-37-18-35-75(58-77)81-40-21-43-84-86-60-78(63-26-10-3-11-27-63)59-85(90(86)104-89(81)84)67-28-12-4-13-29-67/h1-60H. The van der Waals surface area contributed by atoms with Crippen molar-refractivity contribution in [2.45, 2.75) is 0 Å². The third-order valence-corrected chi connectivity index (χ3v) is 22.2. The van der Waals surface area contributed by atoms with E-state index in [9.17, 15) is 0 Å². The summed E-state index contributed by atoms with van der Waals surface area (Å²) in [5.41, 5.74) is 23.9. The molecular weight excluding hydrogens is 1300 g/mol. The highest BCUT2D eigenvalue weighted by atomic mass is 32.1. The van der Waals surface area contributed by atoms with E-state index in [0.29, 0.717) is 34.9 Å². The summed E-state index contributed by atoms with van der Waals surface area (Å²) in [4.78, 5) is 31.3. The van der Waals surface area contributed by atoms with Crippen LogP contribution >= 0.6 is 22.7 Å². The molecule has 8 heteroatoms. The summed E-state index contributed by atoms with van der Waals surface area (Å²) in [6, 6.07) is 129. The van der Waals surface area contributed by atoms with Crippen LogP contribution in [0.1, 0.15) is 0 Å². The van der Waals surface area contributed by atoms with Gasteiger partial charge in [-0.15, -0.1) is 22.7 Å². The summed E-state index contributed by atoms with van der Waals surface area (Å²) in [6.07, 6.45) is 0. The van der Waals surface area contributed by atoms with Crippen molar-refractivity contribution in [3.63, 3.8) is 0 Å². The predicted molar refractivity (Wildman–Crippen MR) is 435 cm³/mol. The van der Waals surface area contributed by atoms with Gasteiger partial charge in [-0.2, -0.15) is 0 Å². The van der Waals surface area contributed by atoms with E-state index in [0.717, 1.165) is 94.6 Å². The number of nitrogens with zero attached hydrogens (tertiary/aromatic N) is 6. The zero-order valence-corrected chi connectivity index (χ0v) is 57.8. The van der Waals surface area contributed by atoms with Gasteiger partial charge in [0.25, 0.3) is 0 Å². The maximum atomic E-state index is 5.34. The van der Waals surface area contributed by atoms with Gasteiger partial charge >= 0.3 is 0 Å². The van der Waals surface area contributed by atoms with E-state index < -0.39 is 0 Å². The molecule has 19 aromatic rings. The second-order valence-electron chi connectivity index (χ2n) is 26.1. The molecular formula is C96H60N6S2. The van der Waals surface area contributed by atoms with Crippen molar-refractivity contribution in [1.82, 2.24) is 29.9 Å².